The Labute approximate surface area is 148 Å². The highest BCUT2D eigenvalue weighted by atomic mass is 16.5. The number of hydrogen-bond acceptors (Lipinski definition) is 4. The Balaban J connectivity index is 1.78. The molecule has 0 aliphatic heterocycles. The van der Waals surface area contributed by atoms with Crippen molar-refractivity contribution in [2.24, 2.45) is 0 Å². The summed E-state index contributed by atoms with van der Waals surface area (Å²) < 4.78 is 16.0. The van der Waals surface area contributed by atoms with Crippen molar-refractivity contribution in [2.75, 3.05) is 32.7 Å². The molecule has 0 saturated heterocycles. The Morgan fingerprint density at radius 2 is 1.72 bits per heavy atom. The molecule has 0 saturated carbocycles. The number of methoxy groups -OCH3 is 2. The van der Waals surface area contributed by atoms with Crippen molar-refractivity contribution in [1.29, 1.82) is 0 Å². The van der Waals surface area contributed by atoms with Crippen molar-refractivity contribution in [3.05, 3.63) is 48.0 Å². The van der Waals surface area contributed by atoms with Crippen LogP contribution in [-0.2, 0) is 6.42 Å². The molecule has 6 heteroatoms. The molecule has 0 atom stereocenters. The van der Waals surface area contributed by atoms with E-state index in [2.05, 4.69) is 17.6 Å². The third-order valence-electron chi connectivity index (χ3n) is 3.64. The summed E-state index contributed by atoms with van der Waals surface area (Å²) in [5.74, 6) is 1.98. The first-order valence-corrected chi connectivity index (χ1v) is 8.15. The van der Waals surface area contributed by atoms with Gasteiger partial charge in [0.25, 0.3) is 0 Å². The summed E-state index contributed by atoms with van der Waals surface area (Å²) in [5, 5.41) is 5.48. The van der Waals surface area contributed by atoms with Gasteiger partial charge < -0.3 is 24.8 Å². The molecule has 2 rings (SSSR count). The molecule has 2 aromatic rings. The van der Waals surface area contributed by atoms with Crippen LogP contribution in [0.5, 0.6) is 17.2 Å². The van der Waals surface area contributed by atoms with Crippen LogP contribution in [0.4, 0.5) is 10.5 Å². The van der Waals surface area contributed by atoms with Crippen LogP contribution in [0.25, 0.3) is 0 Å². The minimum absolute atomic E-state index is 0.337. The normalized spacial score (nSPS) is 10.0. The average molecular weight is 344 g/mol. The Bertz CT molecular complexity index is 686. The summed E-state index contributed by atoms with van der Waals surface area (Å²) in [6.07, 6.45) is 0.996. The maximum absolute atomic E-state index is 12.0. The second kappa shape index (κ2) is 9.42. The molecule has 0 bridgehead atoms. The van der Waals surface area contributed by atoms with E-state index in [0.29, 0.717) is 30.3 Å². The number of aryl methyl sites for hydroxylation is 1. The fourth-order valence-electron chi connectivity index (χ4n) is 2.23. The van der Waals surface area contributed by atoms with Gasteiger partial charge in [-0.25, -0.2) is 4.79 Å². The van der Waals surface area contributed by atoms with Gasteiger partial charge in [0.1, 0.15) is 23.9 Å². The fourth-order valence-corrected chi connectivity index (χ4v) is 2.23. The summed E-state index contributed by atoms with van der Waals surface area (Å²) in [6.45, 7) is 2.87. The van der Waals surface area contributed by atoms with Crippen LogP contribution in [0.2, 0.25) is 0 Å². The predicted molar refractivity (Wildman–Crippen MR) is 97.9 cm³/mol. The molecule has 0 fully saturated rings. The molecule has 0 aromatic heterocycles. The molecule has 0 unspecified atom stereocenters. The molecule has 0 aliphatic carbocycles. The molecule has 25 heavy (non-hydrogen) atoms. The topological polar surface area (TPSA) is 68.8 Å². The van der Waals surface area contributed by atoms with Crippen molar-refractivity contribution in [2.45, 2.75) is 13.3 Å². The summed E-state index contributed by atoms with van der Waals surface area (Å²) in [6, 6.07) is 12.8. The van der Waals surface area contributed by atoms with Gasteiger partial charge in [-0.15, -0.1) is 0 Å². The quantitative estimate of drug-likeness (QED) is 0.720. The lowest BCUT2D eigenvalue weighted by atomic mass is 10.2. The van der Waals surface area contributed by atoms with Gasteiger partial charge in [-0.3, -0.25) is 0 Å². The second-order valence-corrected chi connectivity index (χ2v) is 5.29. The molecule has 2 N–H and O–H groups in total. The molecule has 2 aromatic carbocycles. The van der Waals surface area contributed by atoms with Crippen LogP contribution in [0, 0.1) is 0 Å². The molecular formula is C19H24N2O4. The third-order valence-corrected chi connectivity index (χ3v) is 3.64. The molecule has 134 valence electrons. The Morgan fingerprint density at radius 3 is 2.36 bits per heavy atom. The molecule has 0 radical (unpaired) electrons. The smallest absolute Gasteiger partial charge is 0.319 e. The molecular weight excluding hydrogens is 320 g/mol. The van der Waals surface area contributed by atoms with Crippen LogP contribution in [-0.4, -0.2) is 33.4 Å². The number of rotatable bonds is 8. The van der Waals surface area contributed by atoms with Crippen LogP contribution in [0.15, 0.2) is 42.5 Å². The first kappa shape index (κ1) is 18.4. The Kier molecular flexibility index (Phi) is 6.95. The van der Waals surface area contributed by atoms with Crippen molar-refractivity contribution >= 4 is 11.7 Å². The molecule has 0 heterocycles. The standard InChI is InChI=1S/C19H24N2O4/c1-4-14-5-7-15(8-6-14)25-12-11-20-19(22)21-17-13-16(23-2)9-10-18(17)24-3/h5-10,13H,4,11-12H2,1-3H3,(H2,20,21,22). The van der Waals surface area contributed by atoms with E-state index in [1.54, 1.807) is 32.4 Å². The van der Waals surface area contributed by atoms with Crippen molar-refractivity contribution in [1.82, 2.24) is 5.32 Å². The number of benzene rings is 2. The number of anilines is 1. The molecule has 2 amide bonds. The van der Waals surface area contributed by atoms with Crippen LogP contribution >= 0.6 is 0 Å². The number of carbonyl (C=O) groups excluding carboxylic acids is 1. The summed E-state index contributed by atoms with van der Waals surface area (Å²) in [5.41, 5.74) is 1.80. The SMILES string of the molecule is CCc1ccc(OCCNC(=O)Nc2cc(OC)ccc2OC)cc1. The van der Waals surface area contributed by atoms with E-state index in [4.69, 9.17) is 14.2 Å². The van der Waals surface area contributed by atoms with Gasteiger partial charge in [-0.05, 0) is 36.2 Å². The minimum Gasteiger partial charge on any atom is -0.497 e. The second-order valence-electron chi connectivity index (χ2n) is 5.29. The summed E-state index contributed by atoms with van der Waals surface area (Å²) in [7, 11) is 3.11. The van der Waals surface area contributed by atoms with Crippen LogP contribution in [0.3, 0.4) is 0 Å². The van der Waals surface area contributed by atoms with Crippen molar-refractivity contribution < 1.29 is 19.0 Å². The van der Waals surface area contributed by atoms with Gasteiger partial charge >= 0.3 is 6.03 Å². The van der Waals surface area contributed by atoms with E-state index < -0.39 is 0 Å². The largest absolute Gasteiger partial charge is 0.497 e. The minimum atomic E-state index is -0.337. The monoisotopic (exact) mass is 344 g/mol. The summed E-state index contributed by atoms with van der Waals surface area (Å²) >= 11 is 0. The Hall–Kier alpha value is -2.89. The van der Waals surface area contributed by atoms with Gasteiger partial charge in [0.2, 0.25) is 0 Å². The molecule has 6 nitrogen and oxygen atoms in total. The third kappa shape index (κ3) is 5.60. The predicted octanol–water partition coefficient (Wildman–Crippen LogP) is 3.47. The lowest BCUT2D eigenvalue weighted by Gasteiger charge is -2.13. The van der Waals surface area contributed by atoms with E-state index in [9.17, 15) is 4.79 Å². The first-order chi connectivity index (χ1) is 12.2. The maximum atomic E-state index is 12.0. The van der Waals surface area contributed by atoms with Gasteiger partial charge in [0.05, 0.1) is 26.5 Å². The molecule has 0 spiro atoms. The highest BCUT2D eigenvalue weighted by Crippen LogP contribution is 2.28. The number of urea groups is 1. The maximum Gasteiger partial charge on any atom is 0.319 e. The van der Waals surface area contributed by atoms with Crippen molar-refractivity contribution in [3.8, 4) is 17.2 Å². The van der Waals surface area contributed by atoms with Gasteiger partial charge in [0, 0.05) is 6.07 Å². The average Bonchev–Trinajstić information content (AvgIpc) is 2.65. The van der Waals surface area contributed by atoms with E-state index in [-0.39, 0.29) is 6.03 Å². The highest BCUT2D eigenvalue weighted by molar-refractivity contribution is 5.91. The number of hydrogen-bond donors (Lipinski definition) is 2. The van der Waals surface area contributed by atoms with E-state index in [1.807, 2.05) is 24.3 Å². The fraction of sp³-hybridized carbons (Fsp3) is 0.316. The lowest BCUT2D eigenvalue weighted by Crippen LogP contribution is -2.32. The van der Waals surface area contributed by atoms with Crippen LogP contribution in [0.1, 0.15) is 12.5 Å². The lowest BCUT2D eigenvalue weighted by molar-refractivity contribution is 0.247. The zero-order chi connectivity index (χ0) is 18.1. The zero-order valence-electron chi connectivity index (χ0n) is 14.8. The number of nitrogens with one attached hydrogen (secondary N) is 2. The summed E-state index contributed by atoms with van der Waals surface area (Å²) in [4.78, 5) is 12.0. The van der Waals surface area contributed by atoms with E-state index in [0.717, 1.165) is 12.2 Å². The number of carbonyl (C=O) groups is 1. The van der Waals surface area contributed by atoms with E-state index in [1.165, 1.54) is 5.56 Å². The van der Waals surface area contributed by atoms with Crippen LogP contribution < -0.4 is 24.8 Å². The van der Waals surface area contributed by atoms with E-state index >= 15 is 0 Å². The Morgan fingerprint density at radius 1 is 1.00 bits per heavy atom. The van der Waals surface area contributed by atoms with Gasteiger partial charge in [-0.1, -0.05) is 19.1 Å². The van der Waals surface area contributed by atoms with Gasteiger partial charge in [-0.2, -0.15) is 0 Å². The number of amides is 2. The molecule has 0 aliphatic rings. The highest BCUT2D eigenvalue weighted by Gasteiger charge is 2.08. The zero-order valence-corrected chi connectivity index (χ0v) is 14.8. The van der Waals surface area contributed by atoms with Crippen molar-refractivity contribution in [3.63, 3.8) is 0 Å². The number of ether oxygens (including phenoxy) is 3. The van der Waals surface area contributed by atoms with Gasteiger partial charge in [0.15, 0.2) is 0 Å². The first-order valence-electron chi connectivity index (χ1n) is 8.15.